The predicted octanol–water partition coefficient (Wildman–Crippen LogP) is 5.61. The molecule has 1 atom stereocenters. The maximum absolute atomic E-state index is 13.6. The number of ether oxygens (including phenoxy) is 1. The molecule has 0 saturated heterocycles. The first kappa shape index (κ1) is 25.5. The number of rotatable bonds is 8. The van der Waals surface area contributed by atoms with Gasteiger partial charge in [0.1, 0.15) is 6.10 Å². The molecule has 0 aromatic carbocycles. The summed E-state index contributed by atoms with van der Waals surface area (Å²) in [5.41, 5.74) is 2.20. The molecule has 2 aliphatic carbocycles. The summed E-state index contributed by atoms with van der Waals surface area (Å²) in [4.78, 5) is 13.6. The lowest BCUT2D eigenvalue weighted by molar-refractivity contribution is -0.0602. The second kappa shape index (κ2) is 11.4. The van der Waals surface area contributed by atoms with E-state index in [1.165, 1.54) is 0 Å². The summed E-state index contributed by atoms with van der Waals surface area (Å²) in [6.45, 7) is 8.59. The first-order valence-electron chi connectivity index (χ1n) is 12.2. The lowest BCUT2D eigenvalue weighted by Crippen LogP contribution is -2.31. The molecule has 0 aliphatic heterocycles. The number of hydrogen-bond donors (Lipinski definition) is 2. The van der Waals surface area contributed by atoms with Crippen molar-refractivity contribution in [2.75, 3.05) is 12.4 Å². The summed E-state index contributed by atoms with van der Waals surface area (Å²) in [7, 11) is 1.63. The zero-order valence-electron chi connectivity index (χ0n) is 20.1. The van der Waals surface area contributed by atoms with E-state index in [1.807, 2.05) is 0 Å². The third kappa shape index (κ3) is 6.95. The normalized spacial score (nSPS) is 24.8. The largest absolute Gasteiger partial charge is 0.474 e. The fourth-order valence-corrected chi connectivity index (χ4v) is 4.72. The molecule has 2 saturated carbocycles. The van der Waals surface area contributed by atoms with E-state index in [2.05, 4.69) is 35.7 Å². The molecule has 2 aliphatic rings. The van der Waals surface area contributed by atoms with Crippen molar-refractivity contribution in [3.63, 3.8) is 0 Å². The van der Waals surface area contributed by atoms with Gasteiger partial charge in [0.2, 0.25) is 17.8 Å². The van der Waals surface area contributed by atoms with Crippen LogP contribution in [0.25, 0.3) is 5.57 Å². The molecule has 1 heterocycles. The Morgan fingerprint density at radius 1 is 1.27 bits per heavy atom. The number of aromatic nitrogens is 2. The third-order valence-corrected chi connectivity index (χ3v) is 6.76. The number of aliphatic hydroxyl groups excluding tert-OH is 1. The number of nitrogens with zero attached hydrogens (tertiary/aromatic N) is 3. The van der Waals surface area contributed by atoms with E-state index in [4.69, 9.17) is 9.72 Å². The van der Waals surface area contributed by atoms with Crippen molar-refractivity contribution >= 4 is 17.4 Å². The Hall–Kier alpha value is -2.09. The van der Waals surface area contributed by atoms with Crippen LogP contribution < -0.4 is 5.32 Å². The molecule has 33 heavy (non-hydrogen) atoms. The molecule has 6 nitrogen and oxygen atoms in total. The number of anilines is 1. The Labute approximate surface area is 196 Å². The molecular weight excluding hydrogens is 426 g/mol. The highest BCUT2D eigenvalue weighted by atomic mass is 19.3. The smallest absolute Gasteiger partial charge is 0.248 e. The zero-order chi connectivity index (χ0) is 24.0. The topological polar surface area (TPSA) is 79.6 Å². The number of halogens is 2. The second-order valence-electron chi connectivity index (χ2n) is 9.52. The molecule has 0 amide bonds. The molecule has 184 valence electrons. The molecule has 1 unspecified atom stereocenters. The van der Waals surface area contributed by atoms with Crippen LogP contribution in [-0.2, 0) is 4.74 Å². The summed E-state index contributed by atoms with van der Waals surface area (Å²) < 4.78 is 33.3. The van der Waals surface area contributed by atoms with E-state index in [9.17, 15) is 13.9 Å². The molecule has 0 spiro atoms. The van der Waals surface area contributed by atoms with E-state index < -0.39 is 5.92 Å². The highest BCUT2D eigenvalue weighted by molar-refractivity contribution is 5.98. The lowest BCUT2D eigenvalue weighted by atomic mass is 9.81. The zero-order valence-corrected chi connectivity index (χ0v) is 20.1. The van der Waals surface area contributed by atoms with Gasteiger partial charge in [0.15, 0.2) is 0 Å². The van der Waals surface area contributed by atoms with Gasteiger partial charge in [-0.1, -0.05) is 19.9 Å². The number of aliphatic hydroxyl groups is 1. The van der Waals surface area contributed by atoms with Crippen molar-refractivity contribution in [2.24, 2.45) is 10.9 Å². The molecule has 1 aromatic rings. The SMILES string of the molecule is C=C(c1nc(NC(C)CCC)ncc1C(=NC)OC1CCC(F)(F)CC1)C1CCC(O)CC1. The first-order chi connectivity index (χ1) is 15.7. The van der Waals surface area contributed by atoms with Crippen molar-refractivity contribution < 1.29 is 18.6 Å². The first-order valence-corrected chi connectivity index (χ1v) is 12.2. The molecule has 3 rings (SSSR count). The average molecular weight is 465 g/mol. The van der Waals surface area contributed by atoms with E-state index in [0.29, 0.717) is 23.1 Å². The van der Waals surface area contributed by atoms with E-state index in [1.54, 1.807) is 13.2 Å². The van der Waals surface area contributed by atoms with Crippen LogP contribution in [0.5, 0.6) is 0 Å². The van der Waals surface area contributed by atoms with Crippen LogP contribution in [0.4, 0.5) is 14.7 Å². The molecular formula is C25H38F2N4O2. The van der Waals surface area contributed by atoms with Gasteiger partial charge in [-0.15, -0.1) is 0 Å². The fraction of sp³-hybridized carbons (Fsp3) is 0.720. The lowest BCUT2D eigenvalue weighted by Gasteiger charge is -2.30. The number of allylic oxidation sites excluding steroid dienone is 1. The predicted molar refractivity (Wildman–Crippen MR) is 128 cm³/mol. The molecule has 0 radical (unpaired) electrons. The quantitative estimate of drug-likeness (QED) is 0.386. The number of hydrogen-bond acceptors (Lipinski definition) is 6. The maximum atomic E-state index is 13.6. The fourth-order valence-electron chi connectivity index (χ4n) is 4.72. The minimum atomic E-state index is -2.61. The van der Waals surface area contributed by atoms with Gasteiger partial charge >= 0.3 is 0 Å². The summed E-state index contributed by atoms with van der Waals surface area (Å²) in [5, 5.41) is 13.3. The molecule has 1 aromatic heterocycles. The van der Waals surface area contributed by atoms with Crippen molar-refractivity contribution in [1.82, 2.24) is 9.97 Å². The van der Waals surface area contributed by atoms with Crippen LogP contribution in [0.15, 0.2) is 17.8 Å². The standard InChI is InChI=1S/C25H38F2N4O2/c1-5-6-16(2)30-24-29-15-21(22(31-24)17(3)18-7-9-19(32)10-8-18)23(28-4)33-20-11-13-25(26,27)14-12-20/h15-16,18-20,32H,3,5-14H2,1-2,4H3,(H,29,30,31). The van der Waals surface area contributed by atoms with Gasteiger partial charge in [0.25, 0.3) is 0 Å². The van der Waals surface area contributed by atoms with E-state index in [-0.39, 0.29) is 49.9 Å². The average Bonchev–Trinajstić information content (AvgIpc) is 2.79. The van der Waals surface area contributed by atoms with Crippen LogP contribution in [0.1, 0.15) is 89.3 Å². The molecule has 8 heteroatoms. The van der Waals surface area contributed by atoms with Gasteiger partial charge in [0.05, 0.1) is 17.4 Å². The Morgan fingerprint density at radius 3 is 2.55 bits per heavy atom. The summed E-state index contributed by atoms with van der Waals surface area (Å²) in [6, 6.07) is 0.228. The summed E-state index contributed by atoms with van der Waals surface area (Å²) in [5.74, 6) is -1.51. The molecule has 2 N–H and O–H groups in total. The van der Waals surface area contributed by atoms with Gasteiger partial charge in [0, 0.05) is 32.1 Å². The van der Waals surface area contributed by atoms with Gasteiger partial charge in [-0.2, -0.15) is 0 Å². The van der Waals surface area contributed by atoms with Crippen LogP contribution in [0.3, 0.4) is 0 Å². The van der Waals surface area contributed by atoms with Crippen molar-refractivity contribution in [3.8, 4) is 0 Å². The van der Waals surface area contributed by atoms with Crippen LogP contribution in [0, 0.1) is 5.92 Å². The number of nitrogens with one attached hydrogen (secondary N) is 1. The second-order valence-corrected chi connectivity index (χ2v) is 9.52. The van der Waals surface area contributed by atoms with Crippen LogP contribution in [-0.4, -0.2) is 52.2 Å². The van der Waals surface area contributed by atoms with Gasteiger partial charge in [-0.3, -0.25) is 4.99 Å². The summed E-state index contributed by atoms with van der Waals surface area (Å²) >= 11 is 0. The molecule has 0 bridgehead atoms. The van der Waals surface area contributed by atoms with Crippen molar-refractivity contribution in [3.05, 3.63) is 24.0 Å². The maximum Gasteiger partial charge on any atom is 0.248 e. The van der Waals surface area contributed by atoms with Crippen molar-refractivity contribution in [2.45, 2.75) is 102 Å². The molecule has 2 fully saturated rings. The Kier molecular flexibility index (Phi) is 8.79. The minimum absolute atomic E-state index is 0.173. The highest BCUT2D eigenvalue weighted by Gasteiger charge is 2.36. The van der Waals surface area contributed by atoms with Gasteiger partial charge in [-0.25, -0.2) is 18.7 Å². The van der Waals surface area contributed by atoms with Gasteiger partial charge in [-0.05, 0) is 63.4 Å². The Bertz CT molecular complexity index is 828. The van der Waals surface area contributed by atoms with Crippen molar-refractivity contribution in [1.29, 1.82) is 0 Å². The number of aliphatic imine (C=N–C) groups is 1. The van der Waals surface area contributed by atoms with Crippen LogP contribution >= 0.6 is 0 Å². The third-order valence-electron chi connectivity index (χ3n) is 6.76. The monoisotopic (exact) mass is 464 g/mol. The summed E-state index contributed by atoms with van der Waals surface area (Å²) in [6.07, 6.45) is 6.58. The Morgan fingerprint density at radius 2 is 1.94 bits per heavy atom. The Balaban J connectivity index is 1.85. The van der Waals surface area contributed by atoms with E-state index >= 15 is 0 Å². The number of alkyl halides is 2. The van der Waals surface area contributed by atoms with E-state index in [0.717, 1.165) is 44.1 Å². The highest BCUT2D eigenvalue weighted by Crippen LogP contribution is 2.37. The van der Waals surface area contributed by atoms with Crippen LogP contribution in [0.2, 0.25) is 0 Å². The minimum Gasteiger partial charge on any atom is -0.474 e. The van der Waals surface area contributed by atoms with Gasteiger partial charge < -0.3 is 15.2 Å².